The molecule has 0 saturated carbocycles. The standard InChI is InChI=1S/C15H21N3O4S/c1-10-3-4-14(23(16,20)21)11(7-10)15(19)18-8-12-13(9-18)22-6-5-17(12)2/h3-4,7,12-13H,5-6,8-9H2,1-2H3,(H2,16,20,21)/t12-,13+/m0/s1. The molecule has 2 N–H and O–H groups in total. The minimum Gasteiger partial charge on any atom is -0.373 e. The Morgan fingerprint density at radius 1 is 1.35 bits per heavy atom. The van der Waals surface area contributed by atoms with Crippen LogP contribution in [-0.2, 0) is 14.8 Å². The van der Waals surface area contributed by atoms with Crippen LogP contribution in [0.25, 0.3) is 0 Å². The van der Waals surface area contributed by atoms with Crippen molar-refractivity contribution >= 4 is 15.9 Å². The van der Waals surface area contributed by atoms with Gasteiger partial charge in [0.25, 0.3) is 5.91 Å². The molecule has 23 heavy (non-hydrogen) atoms. The van der Waals surface area contributed by atoms with Gasteiger partial charge in [0.2, 0.25) is 10.0 Å². The first-order chi connectivity index (χ1) is 10.8. The van der Waals surface area contributed by atoms with Gasteiger partial charge in [0, 0.05) is 19.6 Å². The number of likely N-dealkylation sites (N-methyl/N-ethyl adjacent to an activating group) is 1. The summed E-state index contributed by atoms with van der Waals surface area (Å²) in [6.07, 6.45) is -0.0274. The molecule has 3 rings (SSSR count). The molecule has 0 radical (unpaired) electrons. The molecule has 2 aliphatic heterocycles. The zero-order valence-corrected chi connectivity index (χ0v) is 14.0. The molecule has 2 aliphatic rings. The first-order valence-electron chi connectivity index (χ1n) is 7.52. The summed E-state index contributed by atoms with van der Waals surface area (Å²) >= 11 is 0. The molecular formula is C15H21N3O4S. The Morgan fingerprint density at radius 3 is 2.74 bits per heavy atom. The van der Waals surface area contributed by atoms with Crippen LogP contribution in [0.2, 0.25) is 0 Å². The molecule has 2 saturated heterocycles. The number of carbonyl (C=O) groups is 1. The topological polar surface area (TPSA) is 92.9 Å². The van der Waals surface area contributed by atoms with Gasteiger partial charge in [-0.3, -0.25) is 9.69 Å². The zero-order valence-electron chi connectivity index (χ0n) is 13.2. The van der Waals surface area contributed by atoms with Crippen molar-refractivity contribution in [3.63, 3.8) is 0 Å². The third-order valence-corrected chi connectivity index (χ3v) is 5.51. The Balaban J connectivity index is 1.91. The summed E-state index contributed by atoms with van der Waals surface area (Å²) in [6.45, 7) is 4.27. The van der Waals surface area contributed by atoms with Crippen molar-refractivity contribution < 1.29 is 17.9 Å². The summed E-state index contributed by atoms with van der Waals surface area (Å²) in [5, 5.41) is 5.25. The van der Waals surface area contributed by atoms with Crippen LogP contribution < -0.4 is 5.14 Å². The Hall–Kier alpha value is -1.48. The molecule has 1 amide bonds. The average Bonchev–Trinajstić information content (AvgIpc) is 2.90. The van der Waals surface area contributed by atoms with Gasteiger partial charge < -0.3 is 9.64 Å². The van der Waals surface area contributed by atoms with Crippen LogP contribution in [0.5, 0.6) is 0 Å². The summed E-state index contributed by atoms with van der Waals surface area (Å²) < 4.78 is 29.3. The van der Waals surface area contributed by atoms with Crippen molar-refractivity contribution in [1.82, 2.24) is 9.80 Å². The lowest BCUT2D eigenvalue weighted by Crippen LogP contribution is -2.48. The SMILES string of the molecule is Cc1ccc(S(N)(=O)=O)c(C(=O)N2C[C@H]3OCCN(C)[C@H]3C2)c1. The number of sulfonamides is 1. The average molecular weight is 339 g/mol. The van der Waals surface area contributed by atoms with Crippen LogP contribution >= 0.6 is 0 Å². The molecule has 7 nitrogen and oxygen atoms in total. The fraction of sp³-hybridized carbons (Fsp3) is 0.533. The number of benzene rings is 1. The van der Waals surface area contributed by atoms with Gasteiger partial charge in [0.05, 0.1) is 29.2 Å². The van der Waals surface area contributed by atoms with Crippen molar-refractivity contribution in [2.45, 2.75) is 24.0 Å². The number of fused-ring (bicyclic) bond motifs is 1. The molecule has 0 aromatic heterocycles. The quantitative estimate of drug-likeness (QED) is 0.805. The van der Waals surface area contributed by atoms with Crippen molar-refractivity contribution in [3.8, 4) is 0 Å². The van der Waals surface area contributed by atoms with Crippen LogP contribution in [0.15, 0.2) is 23.1 Å². The molecular weight excluding hydrogens is 318 g/mol. The summed E-state index contributed by atoms with van der Waals surface area (Å²) in [7, 11) is -1.94. The van der Waals surface area contributed by atoms with E-state index in [1.165, 1.54) is 6.07 Å². The predicted molar refractivity (Wildman–Crippen MR) is 84.6 cm³/mol. The fourth-order valence-corrected chi connectivity index (χ4v) is 3.96. The third kappa shape index (κ3) is 3.12. The van der Waals surface area contributed by atoms with E-state index < -0.39 is 10.0 Å². The normalized spacial score (nSPS) is 25.4. The summed E-state index contributed by atoms with van der Waals surface area (Å²) in [5.74, 6) is -0.316. The maximum atomic E-state index is 12.8. The number of aryl methyl sites for hydroxylation is 1. The Kier molecular flexibility index (Phi) is 4.18. The predicted octanol–water partition coefficient (Wildman–Crippen LogP) is -0.203. The van der Waals surface area contributed by atoms with E-state index in [-0.39, 0.29) is 28.5 Å². The van der Waals surface area contributed by atoms with Crippen molar-refractivity contribution in [2.75, 3.05) is 33.3 Å². The first-order valence-corrected chi connectivity index (χ1v) is 9.06. The van der Waals surface area contributed by atoms with Gasteiger partial charge in [-0.15, -0.1) is 0 Å². The molecule has 126 valence electrons. The van der Waals surface area contributed by atoms with Gasteiger partial charge in [0.15, 0.2) is 0 Å². The van der Waals surface area contributed by atoms with Crippen LogP contribution in [0, 0.1) is 6.92 Å². The number of hydrogen-bond donors (Lipinski definition) is 1. The second kappa shape index (κ2) is 5.86. The lowest BCUT2D eigenvalue weighted by atomic mass is 10.1. The molecule has 1 aromatic carbocycles. The highest BCUT2D eigenvalue weighted by Gasteiger charge is 2.41. The minimum absolute atomic E-state index is 0.0274. The van der Waals surface area contributed by atoms with Crippen LogP contribution in [0.4, 0.5) is 0 Å². The van der Waals surface area contributed by atoms with E-state index in [0.29, 0.717) is 19.7 Å². The fourth-order valence-electron chi connectivity index (χ4n) is 3.25. The number of nitrogens with zero attached hydrogens (tertiary/aromatic N) is 2. The van der Waals surface area contributed by atoms with Crippen molar-refractivity contribution in [3.05, 3.63) is 29.3 Å². The van der Waals surface area contributed by atoms with Crippen molar-refractivity contribution in [2.24, 2.45) is 5.14 Å². The number of carbonyl (C=O) groups excluding carboxylic acids is 1. The van der Waals surface area contributed by atoms with Crippen LogP contribution in [-0.4, -0.2) is 69.6 Å². The van der Waals surface area contributed by atoms with Gasteiger partial charge in [-0.25, -0.2) is 13.6 Å². The molecule has 0 unspecified atom stereocenters. The Bertz CT molecular complexity index is 734. The van der Waals surface area contributed by atoms with Gasteiger partial charge >= 0.3 is 0 Å². The van der Waals surface area contributed by atoms with E-state index in [1.54, 1.807) is 17.0 Å². The second-order valence-corrected chi connectivity index (χ2v) is 7.74. The first kappa shape index (κ1) is 16.4. The van der Waals surface area contributed by atoms with Crippen LogP contribution in [0.3, 0.4) is 0 Å². The number of rotatable bonds is 2. The highest BCUT2D eigenvalue weighted by atomic mass is 32.2. The largest absolute Gasteiger partial charge is 0.373 e. The highest BCUT2D eigenvalue weighted by molar-refractivity contribution is 7.89. The second-order valence-electron chi connectivity index (χ2n) is 6.21. The molecule has 1 aromatic rings. The summed E-state index contributed by atoms with van der Waals surface area (Å²) in [5.41, 5.74) is 0.944. The van der Waals surface area contributed by atoms with E-state index in [2.05, 4.69) is 4.90 Å². The van der Waals surface area contributed by atoms with Gasteiger partial charge in [0.1, 0.15) is 0 Å². The number of likely N-dealkylation sites (tertiary alicyclic amines) is 1. The molecule has 2 atom stereocenters. The maximum Gasteiger partial charge on any atom is 0.255 e. The van der Waals surface area contributed by atoms with E-state index >= 15 is 0 Å². The monoisotopic (exact) mass is 339 g/mol. The molecule has 2 heterocycles. The Labute approximate surface area is 136 Å². The van der Waals surface area contributed by atoms with E-state index in [4.69, 9.17) is 9.88 Å². The number of primary sulfonamides is 1. The smallest absolute Gasteiger partial charge is 0.255 e. The van der Waals surface area contributed by atoms with Gasteiger partial charge in [-0.1, -0.05) is 11.6 Å². The maximum absolute atomic E-state index is 12.8. The highest BCUT2D eigenvalue weighted by Crippen LogP contribution is 2.25. The molecule has 2 fully saturated rings. The van der Waals surface area contributed by atoms with E-state index in [0.717, 1.165) is 12.1 Å². The summed E-state index contributed by atoms with van der Waals surface area (Å²) in [4.78, 5) is 16.6. The molecule has 0 spiro atoms. The molecule has 0 aliphatic carbocycles. The van der Waals surface area contributed by atoms with Crippen molar-refractivity contribution in [1.29, 1.82) is 0 Å². The number of hydrogen-bond acceptors (Lipinski definition) is 5. The number of nitrogens with two attached hydrogens (primary N) is 1. The summed E-state index contributed by atoms with van der Waals surface area (Å²) in [6, 6.07) is 4.76. The molecule has 8 heteroatoms. The third-order valence-electron chi connectivity index (χ3n) is 4.54. The van der Waals surface area contributed by atoms with E-state index in [1.807, 2.05) is 14.0 Å². The zero-order chi connectivity index (χ0) is 16.8. The minimum atomic E-state index is -3.95. The number of morpholine rings is 1. The number of amides is 1. The lowest BCUT2D eigenvalue weighted by Gasteiger charge is -2.33. The lowest BCUT2D eigenvalue weighted by molar-refractivity contribution is -0.0368. The van der Waals surface area contributed by atoms with E-state index in [9.17, 15) is 13.2 Å². The van der Waals surface area contributed by atoms with Gasteiger partial charge in [-0.2, -0.15) is 0 Å². The number of ether oxygens (including phenoxy) is 1. The van der Waals surface area contributed by atoms with Gasteiger partial charge in [-0.05, 0) is 26.1 Å². The molecule has 0 bridgehead atoms. The Morgan fingerprint density at radius 2 is 2.09 bits per heavy atom. The van der Waals surface area contributed by atoms with Crippen LogP contribution in [0.1, 0.15) is 15.9 Å².